The van der Waals surface area contributed by atoms with Gasteiger partial charge in [0.15, 0.2) is 11.6 Å². The normalized spacial score (nSPS) is 11.6. The van der Waals surface area contributed by atoms with Gasteiger partial charge in [0.1, 0.15) is 19.2 Å². The summed E-state index contributed by atoms with van der Waals surface area (Å²) in [4.78, 5) is 40.1. The summed E-state index contributed by atoms with van der Waals surface area (Å²) in [5.74, 6) is -1.24. The summed E-state index contributed by atoms with van der Waals surface area (Å²) in [6, 6.07) is 7.73. The van der Waals surface area contributed by atoms with Crippen LogP contribution in [-0.2, 0) is 40.4 Å². The van der Waals surface area contributed by atoms with Crippen LogP contribution in [0.2, 0.25) is 0 Å². The highest BCUT2D eigenvalue weighted by atomic mass is 16.5. The van der Waals surface area contributed by atoms with Crippen molar-refractivity contribution in [3.63, 3.8) is 0 Å². The zero-order chi connectivity index (χ0) is 24.2. The molecule has 1 atom stereocenters. The van der Waals surface area contributed by atoms with Crippen LogP contribution in [0, 0.1) is 0 Å². The lowest BCUT2D eigenvalue weighted by atomic mass is 10.1. The first-order chi connectivity index (χ1) is 16.5. The topological polar surface area (TPSA) is 154 Å². The molecule has 2 heterocycles. The van der Waals surface area contributed by atoms with E-state index in [4.69, 9.17) is 4.74 Å². The molecular weight excluding hydrogens is 442 g/mol. The molecule has 2 N–H and O–H groups in total. The largest absolute Gasteiger partial charge is 0.481 e. The molecule has 0 aliphatic rings. The molecule has 1 aromatic carbocycles. The maximum atomic E-state index is 12.8. The molecule has 0 fully saturated rings. The molecule has 12 nitrogen and oxygen atoms in total. The van der Waals surface area contributed by atoms with Gasteiger partial charge in [0.05, 0.1) is 12.7 Å². The molecule has 0 aliphatic carbocycles. The quantitative estimate of drug-likeness (QED) is 0.335. The number of benzene rings is 1. The van der Waals surface area contributed by atoms with Crippen molar-refractivity contribution in [3.8, 4) is 0 Å². The van der Waals surface area contributed by atoms with Crippen molar-refractivity contribution in [3.05, 3.63) is 60.4 Å². The van der Waals surface area contributed by atoms with Gasteiger partial charge in [-0.15, -0.1) is 5.10 Å². The van der Waals surface area contributed by atoms with Gasteiger partial charge in [-0.1, -0.05) is 36.8 Å². The molecule has 0 bridgehead atoms. The molecule has 0 saturated heterocycles. The van der Waals surface area contributed by atoms with Crippen molar-refractivity contribution in [2.24, 2.45) is 0 Å². The predicted molar refractivity (Wildman–Crippen MR) is 118 cm³/mol. The van der Waals surface area contributed by atoms with E-state index in [-0.39, 0.29) is 13.2 Å². The average molecular weight is 470 g/mol. The zero-order valence-electron chi connectivity index (χ0n) is 18.6. The van der Waals surface area contributed by atoms with E-state index >= 15 is 0 Å². The van der Waals surface area contributed by atoms with Crippen molar-refractivity contribution >= 4 is 17.8 Å². The van der Waals surface area contributed by atoms with Gasteiger partial charge < -0.3 is 19.7 Å². The summed E-state index contributed by atoms with van der Waals surface area (Å²) in [5, 5.41) is 23.0. The monoisotopic (exact) mass is 469 g/mol. The number of carboxylic acid groups (broad SMARTS) is 1. The number of Topliss-reactive ketones (excluding diaryl/α,β-unsaturated/α-hetero) is 1. The van der Waals surface area contributed by atoms with Crippen LogP contribution >= 0.6 is 0 Å². The lowest BCUT2D eigenvalue weighted by Crippen LogP contribution is -2.44. The molecule has 2 aromatic heterocycles. The Kier molecular flexibility index (Phi) is 9.26. The van der Waals surface area contributed by atoms with Crippen LogP contribution in [0.25, 0.3) is 0 Å². The molecule has 3 aromatic rings. The Hall–Kier alpha value is -4.09. The number of nitrogens with zero attached hydrogens (tertiary/aromatic N) is 6. The van der Waals surface area contributed by atoms with Crippen LogP contribution in [0.1, 0.15) is 37.1 Å². The van der Waals surface area contributed by atoms with Crippen LogP contribution in [0.4, 0.5) is 4.79 Å². The Bertz CT molecular complexity index is 1050. The van der Waals surface area contributed by atoms with E-state index in [9.17, 15) is 19.5 Å². The highest BCUT2D eigenvalue weighted by molar-refractivity contribution is 5.90. The molecule has 0 radical (unpaired) electrons. The lowest BCUT2D eigenvalue weighted by molar-refractivity contribution is -0.139. The zero-order valence-corrected chi connectivity index (χ0v) is 18.6. The second kappa shape index (κ2) is 12.8. The van der Waals surface area contributed by atoms with Crippen molar-refractivity contribution in [1.29, 1.82) is 0 Å². The number of carbonyl (C=O) groups excluding carboxylic acids is 2. The Labute approximate surface area is 195 Å². The SMILES string of the molecule is O=C(O)CC(NC(=O)OCc1ccccc1)C(=O)Cn1nnnc1CCCCCn1ccnc1. The molecule has 0 spiro atoms. The van der Waals surface area contributed by atoms with Gasteiger partial charge in [-0.3, -0.25) is 9.59 Å². The fraction of sp³-hybridized carbons (Fsp3) is 0.409. The maximum absolute atomic E-state index is 12.8. The van der Waals surface area contributed by atoms with Crippen LogP contribution in [-0.4, -0.2) is 58.8 Å². The number of imidazole rings is 1. The number of aromatic nitrogens is 6. The van der Waals surface area contributed by atoms with Crippen LogP contribution in [0.15, 0.2) is 49.1 Å². The molecule has 34 heavy (non-hydrogen) atoms. The molecule has 180 valence electrons. The number of carboxylic acids is 1. The summed E-state index contributed by atoms with van der Waals surface area (Å²) >= 11 is 0. The summed E-state index contributed by atoms with van der Waals surface area (Å²) < 4.78 is 8.44. The first-order valence-corrected chi connectivity index (χ1v) is 10.9. The third kappa shape index (κ3) is 8.11. The second-order valence-corrected chi connectivity index (χ2v) is 7.69. The molecule has 1 amide bonds. The standard InChI is InChI=1S/C22H27N7O5/c30-19(18(13-21(31)32)24-22(33)34-15-17-7-3-1-4-8-17)14-29-20(25-26-27-29)9-5-2-6-11-28-12-10-23-16-28/h1,3-4,7-8,10,12,16,18H,2,5-6,9,11,13-15H2,(H,24,33)(H,31,32). The molecular formula is C22H27N7O5. The van der Waals surface area contributed by atoms with E-state index in [0.717, 1.165) is 31.4 Å². The first kappa shape index (κ1) is 24.6. The minimum atomic E-state index is -1.27. The third-order valence-corrected chi connectivity index (χ3v) is 5.06. The van der Waals surface area contributed by atoms with E-state index < -0.39 is 30.3 Å². The van der Waals surface area contributed by atoms with Crippen molar-refractivity contribution < 1.29 is 24.2 Å². The Morgan fingerprint density at radius 2 is 1.94 bits per heavy atom. The number of hydrogen-bond donors (Lipinski definition) is 2. The fourth-order valence-electron chi connectivity index (χ4n) is 3.28. The smallest absolute Gasteiger partial charge is 0.408 e. The number of ketones is 1. The first-order valence-electron chi connectivity index (χ1n) is 10.9. The number of tetrazole rings is 1. The highest BCUT2D eigenvalue weighted by Crippen LogP contribution is 2.07. The number of nitrogens with one attached hydrogen (secondary N) is 1. The number of alkyl carbamates (subject to hydrolysis) is 1. The van der Waals surface area contributed by atoms with Gasteiger partial charge in [-0.25, -0.2) is 14.5 Å². The minimum Gasteiger partial charge on any atom is -0.481 e. The molecule has 1 unspecified atom stereocenters. The maximum Gasteiger partial charge on any atom is 0.408 e. The summed E-state index contributed by atoms with van der Waals surface area (Å²) in [7, 11) is 0. The minimum absolute atomic E-state index is 0.00134. The predicted octanol–water partition coefficient (Wildman–Crippen LogP) is 1.62. The van der Waals surface area contributed by atoms with Gasteiger partial charge in [-0.2, -0.15) is 0 Å². The Morgan fingerprint density at radius 1 is 1.12 bits per heavy atom. The number of unbranched alkanes of at least 4 members (excludes halogenated alkanes) is 2. The number of amides is 1. The van der Waals surface area contributed by atoms with Gasteiger partial charge in [0, 0.05) is 25.4 Å². The van der Waals surface area contributed by atoms with E-state index in [1.807, 2.05) is 16.8 Å². The summed E-state index contributed by atoms with van der Waals surface area (Å²) in [6.45, 7) is 0.610. The average Bonchev–Trinajstić information content (AvgIpc) is 3.50. The number of carbonyl (C=O) groups is 3. The summed E-state index contributed by atoms with van der Waals surface area (Å²) in [6.07, 6.45) is 7.26. The molecule has 0 aliphatic heterocycles. The molecule has 0 saturated carbocycles. The highest BCUT2D eigenvalue weighted by Gasteiger charge is 2.25. The van der Waals surface area contributed by atoms with Gasteiger partial charge in [0.25, 0.3) is 0 Å². The number of hydrogen-bond acceptors (Lipinski definition) is 8. The van der Waals surface area contributed by atoms with E-state index in [2.05, 4.69) is 25.8 Å². The number of ether oxygens (including phenoxy) is 1. The molecule has 3 rings (SSSR count). The van der Waals surface area contributed by atoms with E-state index in [1.165, 1.54) is 4.68 Å². The summed E-state index contributed by atoms with van der Waals surface area (Å²) in [5.41, 5.74) is 0.766. The van der Waals surface area contributed by atoms with Crippen molar-refractivity contribution in [2.45, 2.75) is 57.8 Å². The van der Waals surface area contributed by atoms with Crippen LogP contribution < -0.4 is 5.32 Å². The van der Waals surface area contributed by atoms with E-state index in [1.54, 1.807) is 36.8 Å². The number of rotatable bonds is 14. The van der Waals surface area contributed by atoms with Crippen LogP contribution in [0.3, 0.4) is 0 Å². The Balaban J connectivity index is 1.48. The number of aryl methyl sites for hydroxylation is 2. The third-order valence-electron chi connectivity index (χ3n) is 5.06. The van der Waals surface area contributed by atoms with Gasteiger partial charge >= 0.3 is 12.1 Å². The lowest BCUT2D eigenvalue weighted by Gasteiger charge is -2.16. The van der Waals surface area contributed by atoms with Crippen molar-refractivity contribution in [2.75, 3.05) is 0 Å². The number of aliphatic carboxylic acids is 1. The van der Waals surface area contributed by atoms with Crippen molar-refractivity contribution in [1.82, 2.24) is 35.1 Å². The Morgan fingerprint density at radius 3 is 2.68 bits per heavy atom. The van der Waals surface area contributed by atoms with Crippen LogP contribution in [0.5, 0.6) is 0 Å². The van der Waals surface area contributed by atoms with Gasteiger partial charge in [0.2, 0.25) is 0 Å². The molecule has 12 heteroatoms. The van der Waals surface area contributed by atoms with E-state index in [0.29, 0.717) is 12.2 Å². The fourth-order valence-corrected chi connectivity index (χ4v) is 3.28. The van der Waals surface area contributed by atoms with Gasteiger partial charge in [-0.05, 0) is 28.8 Å². The second-order valence-electron chi connectivity index (χ2n) is 7.69.